The summed E-state index contributed by atoms with van der Waals surface area (Å²) in [6, 6.07) is 9.07. The lowest BCUT2D eigenvalue weighted by Crippen LogP contribution is -2.18. The van der Waals surface area contributed by atoms with Crippen LogP contribution in [0.2, 0.25) is 0 Å². The molecule has 0 spiro atoms. The van der Waals surface area contributed by atoms with E-state index in [-0.39, 0.29) is 11.5 Å². The fourth-order valence-corrected chi connectivity index (χ4v) is 2.02. The van der Waals surface area contributed by atoms with Crippen LogP contribution in [0, 0.1) is 12.9 Å². The van der Waals surface area contributed by atoms with Crippen molar-refractivity contribution < 1.29 is 13.7 Å². The molecular formula is C15H13FN6O2. The Morgan fingerprint density at radius 3 is 2.79 bits per heavy atom. The molecule has 3 aromatic rings. The summed E-state index contributed by atoms with van der Waals surface area (Å²) in [6.45, 7) is 1.64. The normalized spacial score (nSPS) is 11.1. The van der Waals surface area contributed by atoms with E-state index in [2.05, 4.69) is 25.8 Å². The van der Waals surface area contributed by atoms with Crippen LogP contribution >= 0.6 is 0 Å². The number of nitrogens with zero attached hydrogens (tertiary/aromatic N) is 5. The maximum atomic E-state index is 13.7. The average Bonchev–Trinajstić information content (AvgIpc) is 3.16. The van der Waals surface area contributed by atoms with Gasteiger partial charge in [-0.15, -0.1) is 0 Å². The second-order valence-electron chi connectivity index (χ2n) is 4.90. The van der Waals surface area contributed by atoms with Gasteiger partial charge in [0.1, 0.15) is 0 Å². The van der Waals surface area contributed by atoms with Gasteiger partial charge >= 0.3 is 11.8 Å². The first-order valence-electron chi connectivity index (χ1n) is 6.98. The molecule has 0 aliphatic rings. The highest BCUT2D eigenvalue weighted by molar-refractivity contribution is 5.91. The largest absolute Gasteiger partial charge is 0.329 e. The summed E-state index contributed by atoms with van der Waals surface area (Å²) in [4.78, 5) is 15.9. The van der Waals surface area contributed by atoms with E-state index in [1.165, 1.54) is 13.3 Å². The van der Waals surface area contributed by atoms with E-state index in [0.29, 0.717) is 11.5 Å². The highest BCUT2D eigenvalue weighted by Gasteiger charge is 2.16. The zero-order chi connectivity index (χ0) is 17.1. The minimum Gasteiger partial charge on any atom is -0.328 e. The van der Waals surface area contributed by atoms with E-state index in [9.17, 15) is 9.18 Å². The molecule has 122 valence electrons. The van der Waals surface area contributed by atoms with Gasteiger partial charge in [0.15, 0.2) is 0 Å². The second-order valence-corrected chi connectivity index (χ2v) is 4.90. The molecule has 3 rings (SSSR count). The van der Waals surface area contributed by atoms with Gasteiger partial charge in [0, 0.05) is 12.6 Å². The Hall–Kier alpha value is -3.36. The summed E-state index contributed by atoms with van der Waals surface area (Å²) >= 11 is 0. The zero-order valence-corrected chi connectivity index (χ0v) is 12.9. The predicted molar refractivity (Wildman–Crippen MR) is 82.7 cm³/mol. The Balaban J connectivity index is 1.70. The van der Waals surface area contributed by atoms with Crippen LogP contribution in [0.3, 0.4) is 0 Å². The van der Waals surface area contributed by atoms with Crippen LogP contribution in [0.25, 0.3) is 11.4 Å². The number of carbonyl (C=O) groups excluding carboxylic acids is 1. The first kappa shape index (κ1) is 15.5. The lowest BCUT2D eigenvalue weighted by atomic mass is 10.2. The topological polar surface area (TPSA) is 98.2 Å². The van der Waals surface area contributed by atoms with Crippen LogP contribution in [-0.4, -0.2) is 32.0 Å². The van der Waals surface area contributed by atoms with Crippen LogP contribution < -0.4 is 5.43 Å². The molecule has 8 nitrogen and oxygen atoms in total. The summed E-state index contributed by atoms with van der Waals surface area (Å²) in [5.74, 6) is -1.19. The highest BCUT2D eigenvalue weighted by atomic mass is 19.1. The number of carbonyl (C=O) groups is 1. The number of hydrogen-bond acceptors (Lipinski definition) is 6. The molecule has 0 saturated heterocycles. The standard InChI is InChI=1S/C15H13FN6O2/c1-9-11(12(16)22(2)20-9)8-17-19-14(23)15-18-13(21-24-15)10-6-4-3-5-7-10/h3-8H,1-2H3,(H,19,23). The van der Waals surface area contributed by atoms with Gasteiger partial charge in [-0.3, -0.25) is 4.79 Å². The van der Waals surface area contributed by atoms with Crippen LogP contribution in [0.1, 0.15) is 21.9 Å². The third kappa shape index (κ3) is 3.05. The number of hydrazone groups is 1. The van der Waals surface area contributed by atoms with E-state index in [4.69, 9.17) is 4.52 Å². The Labute approximate surface area is 136 Å². The van der Waals surface area contributed by atoms with Gasteiger partial charge < -0.3 is 4.52 Å². The van der Waals surface area contributed by atoms with Gasteiger partial charge in [-0.2, -0.15) is 19.6 Å². The molecule has 1 aromatic carbocycles. The smallest absolute Gasteiger partial charge is 0.328 e. The van der Waals surface area contributed by atoms with Crippen LogP contribution in [0.4, 0.5) is 4.39 Å². The van der Waals surface area contributed by atoms with Crippen LogP contribution in [-0.2, 0) is 7.05 Å². The van der Waals surface area contributed by atoms with Crippen molar-refractivity contribution in [2.45, 2.75) is 6.92 Å². The summed E-state index contributed by atoms with van der Waals surface area (Å²) in [7, 11) is 1.47. The van der Waals surface area contributed by atoms with Gasteiger partial charge in [-0.1, -0.05) is 35.5 Å². The fraction of sp³-hybridized carbons (Fsp3) is 0.133. The minimum atomic E-state index is -0.692. The van der Waals surface area contributed by atoms with Crippen molar-refractivity contribution in [1.29, 1.82) is 0 Å². The maximum Gasteiger partial charge on any atom is 0.329 e. The highest BCUT2D eigenvalue weighted by Crippen LogP contribution is 2.14. The summed E-state index contributed by atoms with van der Waals surface area (Å²) in [5.41, 5.74) is 3.57. The molecule has 0 bridgehead atoms. The first-order valence-corrected chi connectivity index (χ1v) is 6.98. The third-order valence-electron chi connectivity index (χ3n) is 3.21. The Morgan fingerprint density at radius 2 is 2.12 bits per heavy atom. The minimum absolute atomic E-state index is 0.188. The molecule has 0 radical (unpaired) electrons. The molecular weight excluding hydrogens is 315 g/mol. The molecule has 0 atom stereocenters. The number of aromatic nitrogens is 4. The van der Waals surface area contributed by atoms with Crippen molar-refractivity contribution in [3.05, 3.63) is 53.4 Å². The van der Waals surface area contributed by atoms with Crippen molar-refractivity contribution in [3.63, 3.8) is 0 Å². The van der Waals surface area contributed by atoms with Crippen molar-refractivity contribution in [2.75, 3.05) is 0 Å². The fourth-order valence-electron chi connectivity index (χ4n) is 2.02. The molecule has 9 heteroatoms. The van der Waals surface area contributed by atoms with Crippen molar-refractivity contribution in [3.8, 4) is 11.4 Å². The predicted octanol–water partition coefficient (Wildman–Crippen LogP) is 1.68. The number of halogens is 1. The third-order valence-corrected chi connectivity index (χ3v) is 3.21. The number of rotatable bonds is 4. The van der Waals surface area contributed by atoms with Crippen molar-refractivity contribution in [2.24, 2.45) is 12.1 Å². The Morgan fingerprint density at radius 1 is 1.38 bits per heavy atom. The van der Waals surface area contributed by atoms with Gasteiger partial charge in [-0.25, -0.2) is 10.1 Å². The summed E-state index contributed by atoms with van der Waals surface area (Å²) < 4.78 is 19.7. The molecule has 0 aliphatic heterocycles. The molecule has 0 saturated carbocycles. The lowest BCUT2D eigenvalue weighted by molar-refractivity contribution is 0.0911. The van der Waals surface area contributed by atoms with E-state index < -0.39 is 11.9 Å². The number of hydrogen-bond donors (Lipinski definition) is 1. The maximum absolute atomic E-state index is 13.7. The first-order chi connectivity index (χ1) is 11.6. The van der Waals surface area contributed by atoms with Crippen LogP contribution in [0.5, 0.6) is 0 Å². The average molecular weight is 328 g/mol. The number of amides is 1. The molecule has 24 heavy (non-hydrogen) atoms. The van der Waals surface area contributed by atoms with E-state index in [1.54, 1.807) is 19.1 Å². The lowest BCUT2D eigenvalue weighted by Gasteiger charge is -1.93. The quantitative estimate of drug-likeness (QED) is 0.580. The van der Waals surface area contributed by atoms with Gasteiger partial charge in [0.05, 0.1) is 17.5 Å². The van der Waals surface area contributed by atoms with Gasteiger partial charge in [0.25, 0.3) is 0 Å². The summed E-state index contributed by atoms with van der Waals surface area (Å²) in [6.07, 6.45) is 1.17. The number of benzene rings is 1. The number of nitrogens with one attached hydrogen (secondary N) is 1. The Kier molecular flexibility index (Phi) is 4.15. The van der Waals surface area contributed by atoms with E-state index in [0.717, 1.165) is 10.2 Å². The van der Waals surface area contributed by atoms with Crippen molar-refractivity contribution in [1.82, 2.24) is 25.3 Å². The van der Waals surface area contributed by atoms with Crippen LogP contribution in [0.15, 0.2) is 40.0 Å². The molecule has 0 aliphatic carbocycles. The van der Waals surface area contributed by atoms with Gasteiger partial charge in [0.2, 0.25) is 11.8 Å². The van der Waals surface area contributed by atoms with Crippen molar-refractivity contribution >= 4 is 12.1 Å². The van der Waals surface area contributed by atoms with E-state index >= 15 is 0 Å². The number of aryl methyl sites for hydroxylation is 2. The van der Waals surface area contributed by atoms with Gasteiger partial charge in [-0.05, 0) is 6.92 Å². The molecule has 1 amide bonds. The molecule has 2 heterocycles. The molecule has 1 N–H and O–H groups in total. The molecule has 2 aromatic heterocycles. The molecule has 0 fully saturated rings. The second kappa shape index (κ2) is 6.41. The molecule has 0 unspecified atom stereocenters. The van der Waals surface area contributed by atoms with E-state index in [1.807, 2.05) is 18.2 Å². The monoisotopic (exact) mass is 328 g/mol. The Bertz CT molecular complexity index is 900. The SMILES string of the molecule is Cc1nn(C)c(F)c1C=NNC(=O)c1nc(-c2ccccc2)no1. The zero-order valence-electron chi connectivity index (χ0n) is 12.9. The summed E-state index contributed by atoms with van der Waals surface area (Å²) in [5, 5.41) is 11.3.